The van der Waals surface area contributed by atoms with Gasteiger partial charge in [0.05, 0.1) is 12.2 Å². The van der Waals surface area contributed by atoms with Crippen LogP contribution in [0, 0.1) is 5.92 Å². The predicted molar refractivity (Wildman–Crippen MR) is 86.1 cm³/mol. The van der Waals surface area contributed by atoms with Gasteiger partial charge in [-0.2, -0.15) is 8.42 Å². The van der Waals surface area contributed by atoms with E-state index in [0.29, 0.717) is 0 Å². The molecule has 0 radical (unpaired) electrons. The van der Waals surface area contributed by atoms with E-state index in [1.807, 2.05) is 0 Å². The zero-order valence-corrected chi connectivity index (χ0v) is 16.0. The summed E-state index contributed by atoms with van der Waals surface area (Å²) >= 11 is 0. The van der Waals surface area contributed by atoms with Crippen molar-refractivity contribution in [3.63, 3.8) is 0 Å². The lowest BCUT2D eigenvalue weighted by Gasteiger charge is -2.45. The lowest BCUT2D eigenvalue weighted by Crippen LogP contribution is -2.64. The maximum atomic E-state index is 12.1. The Morgan fingerprint density at radius 2 is 1.61 bits per heavy atom. The molecule has 2 fully saturated rings. The van der Waals surface area contributed by atoms with E-state index in [1.54, 1.807) is 0 Å². The maximum Gasteiger partial charge on any atom is 0.333 e. The molecule has 2 rings (SSSR count). The van der Waals surface area contributed by atoms with E-state index in [2.05, 4.69) is 4.33 Å². The number of aliphatic hydroxyl groups is 3. The van der Waals surface area contributed by atoms with Gasteiger partial charge in [0.25, 0.3) is 0 Å². The van der Waals surface area contributed by atoms with Gasteiger partial charge >= 0.3 is 16.1 Å². The standard InChI is InChI=1S/C14H24O13S/c1-4-6(15)7(16)14(25-9(4)12(18)19)26-10-5(2)24-13(23-3)8(17)11(10)28(21,22)27-20/h4-11,13-17,20H,1-3H3,(H,18,19)/t4-,5?,6-,7+,8-,9?,10-,11-,13?,14-/m0/s1. The molecule has 0 bridgehead atoms. The number of carboxylic acid groups (broad SMARTS) is 1. The van der Waals surface area contributed by atoms with E-state index >= 15 is 0 Å². The second kappa shape index (κ2) is 8.83. The highest BCUT2D eigenvalue weighted by molar-refractivity contribution is 7.87. The van der Waals surface area contributed by atoms with Gasteiger partial charge in [-0.05, 0) is 6.92 Å². The van der Waals surface area contributed by atoms with Gasteiger partial charge in [-0.25, -0.2) is 10.1 Å². The molecule has 2 aliphatic rings. The van der Waals surface area contributed by atoms with Crippen LogP contribution in [0.1, 0.15) is 13.8 Å². The smallest absolute Gasteiger partial charge is 0.333 e. The molecule has 2 aliphatic heterocycles. The van der Waals surface area contributed by atoms with Crippen molar-refractivity contribution >= 4 is 16.1 Å². The van der Waals surface area contributed by atoms with Crippen LogP contribution in [0.15, 0.2) is 0 Å². The third-order valence-corrected chi connectivity index (χ3v) is 6.30. The number of hydrogen-bond donors (Lipinski definition) is 5. The molecule has 5 N–H and O–H groups in total. The van der Waals surface area contributed by atoms with Crippen molar-refractivity contribution in [1.29, 1.82) is 0 Å². The predicted octanol–water partition coefficient (Wildman–Crippen LogP) is -2.52. The first kappa shape index (κ1) is 23.3. The Hall–Kier alpha value is -0.940. The van der Waals surface area contributed by atoms with Gasteiger partial charge < -0.3 is 39.4 Å². The van der Waals surface area contributed by atoms with E-state index in [1.165, 1.54) is 13.8 Å². The number of aliphatic carboxylic acids is 1. The molecular formula is C14H24O13S. The van der Waals surface area contributed by atoms with Crippen molar-refractivity contribution in [3.8, 4) is 0 Å². The van der Waals surface area contributed by atoms with Gasteiger partial charge in [-0.3, -0.25) is 0 Å². The normalized spacial score (nSPS) is 45.0. The number of ether oxygens (including phenoxy) is 4. The summed E-state index contributed by atoms with van der Waals surface area (Å²) in [6.45, 7) is 2.69. The topological polar surface area (TPSA) is 199 Å². The lowest BCUT2D eigenvalue weighted by molar-refractivity contribution is -0.325. The first-order valence-corrected chi connectivity index (χ1v) is 9.76. The molecule has 0 aromatic carbocycles. The molecule has 2 saturated heterocycles. The summed E-state index contributed by atoms with van der Waals surface area (Å²) < 4.78 is 48.5. The third kappa shape index (κ3) is 4.30. The molecule has 3 unspecified atom stereocenters. The van der Waals surface area contributed by atoms with Gasteiger partial charge in [0.15, 0.2) is 18.7 Å². The number of aliphatic hydroxyl groups excluding tert-OH is 3. The lowest BCUT2D eigenvalue weighted by atomic mass is 9.90. The first-order valence-electron chi connectivity index (χ1n) is 8.29. The molecule has 10 atom stereocenters. The number of carboxylic acids is 1. The van der Waals surface area contributed by atoms with Crippen LogP contribution in [0.3, 0.4) is 0 Å². The van der Waals surface area contributed by atoms with Crippen LogP contribution in [0.2, 0.25) is 0 Å². The highest BCUT2D eigenvalue weighted by Gasteiger charge is 2.55. The first-order chi connectivity index (χ1) is 13.0. The van der Waals surface area contributed by atoms with Crippen molar-refractivity contribution in [2.24, 2.45) is 5.92 Å². The minimum Gasteiger partial charge on any atom is -0.479 e. The molecule has 13 nitrogen and oxygen atoms in total. The fourth-order valence-electron chi connectivity index (χ4n) is 3.30. The molecule has 0 aromatic rings. The van der Waals surface area contributed by atoms with Gasteiger partial charge in [-0.15, -0.1) is 4.33 Å². The molecule has 0 amide bonds. The van der Waals surface area contributed by atoms with E-state index in [-0.39, 0.29) is 0 Å². The van der Waals surface area contributed by atoms with Crippen LogP contribution in [-0.4, -0.2) is 102 Å². The summed E-state index contributed by atoms with van der Waals surface area (Å²) in [5.74, 6) is -2.42. The fourth-order valence-corrected chi connectivity index (χ4v) is 4.49. The SMILES string of the molecule is COC1OC(C)[C@H](O[C@@H]2OC(C(=O)O)[C@@H](C)[C@H](O)[C@H]2O)[C@@H](S(=O)(=O)OO)[C@@H]1O. The minimum atomic E-state index is -4.81. The fraction of sp³-hybridized carbons (Fsp3) is 0.929. The van der Waals surface area contributed by atoms with Crippen LogP contribution in [0.4, 0.5) is 0 Å². The van der Waals surface area contributed by atoms with Crippen molar-refractivity contribution < 1.29 is 62.2 Å². The van der Waals surface area contributed by atoms with Gasteiger partial charge in [0, 0.05) is 13.0 Å². The molecule has 2 heterocycles. The van der Waals surface area contributed by atoms with E-state index in [0.717, 1.165) is 7.11 Å². The van der Waals surface area contributed by atoms with Crippen LogP contribution in [0.25, 0.3) is 0 Å². The van der Waals surface area contributed by atoms with Crippen molar-refractivity contribution in [2.45, 2.75) is 68.3 Å². The summed E-state index contributed by atoms with van der Waals surface area (Å²) in [5.41, 5.74) is 0. The van der Waals surface area contributed by atoms with E-state index in [9.17, 15) is 33.6 Å². The quantitative estimate of drug-likeness (QED) is 0.218. The van der Waals surface area contributed by atoms with Crippen LogP contribution >= 0.6 is 0 Å². The molecule has 28 heavy (non-hydrogen) atoms. The van der Waals surface area contributed by atoms with E-state index < -0.39 is 76.5 Å². The average molecular weight is 432 g/mol. The second-order valence-corrected chi connectivity index (χ2v) is 8.35. The Labute approximate surface area is 160 Å². The third-order valence-electron chi connectivity index (χ3n) is 4.88. The molecule has 0 aliphatic carbocycles. The van der Waals surface area contributed by atoms with Crippen LogP contribution in [-0.2, 0) is 38.2 Å². The number of methoxy groups -OCH3 is 1. The van der Waals surface area contributed by atoms with Crippen LogP contribution in [0.5, 0.6) is 0 Å². The zero-order valence-electron chi connectivity index (χ0n) is 15.2. The van der Waals surface area contributed by atoms with Crippen molar-refractivity contribution in [2.75, 3.05) is 7.11 Å². The molecule has 0 aromatic heterocycles. The summed E-state index contributed by atoms with van der Waals surface area (Å²) in [6.07, 6.45) is -12.6. The highest BCUT2D eigenvalue weighted by Crippen LogP contribution is 2.33. The monoisotopic (exact) mass is 432 g/mol. The van der Waals surface area contributed by atoms with Gasteiger partial charge in [0.2, 0.25) is 0 Å². The molecule has 0 saturated carbocycles. The maximum absolute atomic E-state index is 12.1. The number of hydrogen-bond acceptors (Lipinski definition) is 12. The largest absolute Gasteiger partial charge is 0.479 e. The van der Waals surface area contributed by atoms with Crippen molar-refractivity contribution in [3.05, 3.63) is 0 Å². The zero-order chi connectivity index (χ0) is 21.4. The summed E-state index contributed by atoms with van der Waals surface area (Å²) in [4.78, 5) is 11.3. The van der Waals surface area contributed by atoms with E-state index in [4.69, 9.17) is 24.2 Å². The number of carbonyl (C=O) groups is 1. The number of rotatable bonds is 6. The molecule has 164 valence electrons. The Kier molecular flexibility index (Phi) is 7.36. The molecular weight excluding hydrogens is 408 g/mol. The molecule has 0 spiro atoms. The molecule has 14 heteroatoms. The highest BCUT2D eigenvalue weighted by atomic mass is 32.2. The Bertz CT molecular complexity index is 654. The van der Waals surface area contributed by atoms with Crippen LogP contribution < -0.4 is 0 Å². The van der Waals surface area contributed by atoms with Crippen molar-refractivity contribution in [1.82, 2.24) is 0 Å². The minimum absolute atomic E-state index is 0.990. The Morgan fingerprint density at radius 1 is 1.00 bits per heavy atom. The average Bonchev–Trinajstić information content (AvgIpc) is 2.63. The summed E-state index contributed by atoms with van der Waals surface area (Å²) in [6, 6.07) is 0. The van der Waals surface area contributed by atoms with Gasteiger partial charge in [0.1, 0.15) is 23.6 Å². The Morgan fingerprint density at radius 3 is 2.11 bits per heavy atom. The summed E-state index contributed by atoms with van der Waals surface area (Å²) in [7, 11) is -3.67. The Balaban J connectivity index is 2.33. The second-order valence-electron chi connectivity index (χ2n) is 6.67. The summed E-state index contributed by atoms with van der Waals surface area (Å²) in [5, 5.41) is 46.5. The van der Waals surface area contributed by atoms with Gasteiger partial charge in [-0.1, -0.05) is 6.92 Å².